The molecule has 2 unspecified atom stereocenters. The van der Waals surface area contributed by atoms with Crippen LogP contribution in [0.5, 0.6) is 11.5 Å². The van der Waals surface area contributed by atoms with Crippen LogP contribution < -0.4 is 9.47 Å². The first-order chi connectivity index (χ1) is 14.4. The minimum Gasteiger partial charge on any atom is -0.425 e. The Hall–Kier alpha value is -2.78. The van der Waals surface area contributed by atoms with Gasteiger partial charge in [0, 0.05) is 13.2 Å². The van der Waals surface area contributed by atoms with E-state index in [-0.39, 0.29) is 17.8 Å². The molecule has 0 saturated carbocycles. The van der Waals surface area contributed by atoms with E-state index < -0.39 is 24.1 Å². The van der Waals surface area contributed by atoms with Crippen molar-refractivity contribution in [3.8, 4) is 11.5 Å². The van der Waals surface area contributed by atoms with Gasteiger partial charge in [-0.2, -0.15) is 0 Å². The van der Waals surface area contributed by atoms with Crippen molar-refractivity contribution in [1.29, 1.82) is 0 Å². The van der Waals surface area contributed by atoms with Gasteiger partial charge >= 0.3 is 11.9 Å². The molecule has 0 saturated heterocycles. The summed E-state index contributed by atoms with van der Waals surface area (Å²) in [7, 11) is 0. The summed E-state index contributed by atoms with van der Waals surface area (Å²) in [5.41, 5.74) is 0. The molecule has 0 radical (unpaired) electrons. The van der Waals surface area contributed by atoms with Gasteiger partial charge in [-0.15, -0.1) is 0 Å². The third kappa shape index (κ3) is 9.62. The van der Waals surface area contributed by atoms with Crippen LogP contribution >= 0.6 is 0 Å². The first-order valence-electron chi connectivity index (χ1n) is 9.51. The van der Waals surface area contributed by atoms with Gasteiger partial charge in [0.05, 0.1) is 0 Å². The average Bonchev–Trinajstić information content (AvgIpc) is 2.75. The molecule has 0 aromatic heterocycles. The molecule has 2 aromatic carbocycles. The summed E-state index contributed by atoms with van der Waals surface area (Å²) < 4.78 is 19.8. The van der Waals surface area contributed by atoms with E-state index in [1.807, 2.05) is 20.8 Å². The smallest absolute Gasteiger partial charge is 0.343 e. The first-order valence-corrected chi connectivity index (χ1v) is 9.51. The Labute approximate surface area is 176 Å². The van der Waals surface area contributed by atoms with Gasteiger partial charge in [0.1, 0.15) is 11.5 Å². The van der Waals surface area contributed by atoms with Gasteiger partial charge in [-0.25, -0.2) is 9.59 Å². The van der Waals surface area contributed by atoms with E-state index >= 15 is 0 Å². The number of benzene rings is 2. The summed E-state index contributed by atoms with van der Waals surface area (Å²) in [6.45, 7) is 7.25. The standard InChI is InChI=1S/C16H14O6.C6H14O2/c17-13(15(19)21-11-7-3-1-4-8-11)14(18)16(20)22-12-9-5-2-6-10-12;1-4-7-6(3)8-5-2/h1-10,13-14,17-18H;6H,4-5H2,1-3H3. The molecule has 2 aromatic rings. The lowest BCUT2D eigenvalue weighted by Gasteiger charge is -2.15. The van der Waals surface area contributed by atoms with E-state index in [1.165, 1.54) is 24.3 Å². The molecular formula is C22H28O8. The number of carbonyl (C=O) groups is 2. The van der Waals surface area contributed by atoms with Gasteiger partial charge in [0.25, 0.3) is 0 Å². The van der Waals surface area contributed by atoms with Crippen LogP contribution in [-0.4, -0.2) is 53.9 Å². The molecule has 2 N–H and O–H groups in total. The predicted molar refractivity (Wildman–Crippen MR) is 109 cm³/mol. The third-order valence-electron chi connectivity index (χ3n) is 3.51. The van der Waals surface area contributed by atoms with E-state index in [9.17, 15) is 19.8 Å². The van der Waals surface area contributed by atoms with E-state index in [1.54, 1.807) is 36.4 Å². The van der Waals surface area contributed by atoms with Crippen LogP contribution in [0.1, 0.15) is 20.8 Å². The van der Waals surface area contributed by atoms with Crippen molar-refractivity contribution < 1.29 is 38.7 Å². The molecule has 8 nitrogen and oxygen atoms in total. The number of ether oxygens (including phenoxy) is 4. The number of hydrogen-bond donors (Lipinski definition) is 2. The number of rotatable bonds is 9. The molecule has 2 rings (SSSR count). The second-order valence-electron chi connectivity index (χ2n) is 5.84. The number of aliphatic hydroxyl groups is 2. The summed E-state index contributed by atoms with van der Waals surface area (Å²) in [4.78, 5) is 23.3. The molecule has 0 aliphatic rings. The van der Waals surface area contributed by atoms with Crippen molar-refractivity contribution in [3.05, 3.63) is 60.7 Å². The van der Waals surface area contributed by atoms with Crippen molar-refractivity contribution in [1.82, 2.24) is 0 Å². The molecule has 0 spiro atoms. The van der Waals surface area contributed by atoms with Gasteiger partial charge in [-0.05, 0) is 45.0 Å². The Morgan fingerprint density at radius 2 is 1.07 bits per heavy atom. The Morgan fingerprint density at radius 1 is 0.733 bits per heavy atom. The largest absolute Gasteiger partial charge is 0.425 e. The van der Waals surface area contributed by atoms with Crippen LogP contribution in [0.2, 0.25) is 0 Å². The number of hydrogen-bond acceptors (Lipinski definition) is 8. The minimum atomic E-state index is -2.04. The van der Waals surface area contributed by atoms with Crippen molar-refractivity contribution in [2.45, 2.75) is 39.3 Å². The molecule has 0 fully saturated rings. The van der Waals surface area contributed by atoms with Crippen LogP contribution in [0.25, 0.3) is 0 Å². The molecule has 0 aliphatic heterocycles. The molecule has 0 amide bonds. The molecular weight excluding hydrogens is 392 g/mol. The molecule has 8 heteroatoms. The number of esters is 2. The molecule has 0 heterocycles. The van der Waals surface area contributed by atoms with Crippen LogP contribution in [0.4, 0.5) is 0 Å². The van der Waals surface area contributed by atoms with Crippen LogP contribution in [0, 0.1) is 0 Å². The van der Waals surface area contributed by atoms with Crippen molar-refractivity contribution in [3.63, 3.8) is 0 Å². The van der Waals surface area contributed by atoms with Gasteiger partial charge in [-0.1, -0.05) is 36.4 Å². The minimum absolute atomic E-state index is 0.0370. The predicted octanol–water partition coefficient (Wildman–Crippen LogP) is 2.32. The Kier molecular flexibility index (Phi) is 12.0. The Bertz CT molecular complexity index is 672. The first kappa shape index (κ1) is 25.3. The quantitative estimate of drug-likeness (QED) is 0.361. The second-order valence-corrected chi connectivity index (χ2v) is 5.84. The lowest BCUT2D eigenvalue weighted by Crippen LogP contribution is -2.43. The maximum absolute atomic E-state index is 11.7. The summed E-state index contributed by atoms with van der Waals surface area (Å²) in [5, 5.41) is 19.3. The van der Waals surface area contributed by atoms with E-state index in [2.05, 4.69) is 0 Å². The van der Waals surface area contributed by atoms with E-state index in [0.29, 0.717) is 0 Å². The maximum Gasteiger partial charge on any atom is 0.343 e. The Morgan fingerprint density at radius 3 is 1.37 bits per heavy atom. The number of carbonyl (C=O) groups excluding carboxylic acids is 2. The SMILES string of the molecule is CCOC(C)OCC.O=C(Oc1ccccc1)C(O)C(O)C(=O)Oc1ccccc1. The lowest BCUT2D eigenvalue weighted by molar-refractivity contribution is -0.162. The summed E-state index contributed by atoms with van der Waals surface area (Å²) >= 11 is 0. The highest BCUT2D eigenvalue weighted by atomic mass is 16.7. The van der Waals surface area contributed by atoms with E-state index in [4.69, 9.17) is 18.9 Å². The third-order valence-corrected chi connectivity index (χ3v) is 3.51. The topological polar surface area (TPSA) is 112 Å². The number of aliphatic hydroxyl groups excluding tert-OH is 2. The van der Waals surface area contributed by atoms with Crippen LogP contribution in [-0.2, 0) is 19.1 Å². The average molecular weight is 420 g/mol. The monoisotopic (exact) mass is 420 g/mol. The fraction of sp³-hybridized carbons (Fsp3) is 0.364. The van der Waals surface area contributed by atoms with Gasteiger partial charge in [0.2, 0.25) is 0 Å². The molecule has 164 valence electrons. The zero-order valence-corrected chi connectivity index (χ0v) is 17.3. The van der Waals surface area contributed by atoms with Crippen molar-refractivity contribution in [2.24, 2.45) is 0 Å². The molecule has 30 heavy (non-hydrogen) atoms. The second kappa shape index (κ2) is 14.2. The normalized spacial score (nSPS) is 12.3. The van der Waals surface area contributed by atoms with Crippen LogP contribution in [0.15, 0.2) is 60.7 Å². The molecule has 0 bridgehead atoms. The highest BCUT2D eigenvalue weighted by Gasteiger charge is 2.33. The van der Waals surface area contributed by atoms with Crippen molar-refractivity contribution in [2.75, 3.05) is 13.2 Å². The molecule has 0 aliphatic carbocycles. The zero-order chi connectivity index (χ0) is 22.4. The fourth-order valence-electron chi connectivity index (χ4n) is 2.11. The van der Waals surface area contributed by atoms with Gasteiger partial charge < -0.3 is 29.2 Å². The highest BCUT2D eigenvalue weighted by molar-refractivity contribution is 5.87. The Balaban J connectivity index is 0.000000479. The lowest BCUT2D eigenvalue weighted by atomic mass is 10.2. The number of para-hydroxylation sites is 2. The van der Waals surface area contributed by atoms with Gasteiger partial charge in [-0.3, -0.25) is 0 Å². The maximum atomic E-state index is 11.7. The zero-order valence-electron chi connectivity index (χ0n) is 17.3. The fourth-order valence-corrected chi connectivity index (χ4v) is 2.11. The van der Waals surface area contributed by atoms with Gasteiger partial charge in [0.15, 0.2) is 18.5 Å². The highest BCUT2D eigenvalue weighted by Crippen LogP contribution is 2.13. The van der Waals surface area contributed by atoms with Crippen LogP contribution in [0.3, 0.4) is 0 Å². The molecule has 2 atom stereocenters. The summed E-state index contributed by atoms with van der Waals surface area (Å²) in [6.07, 6.45) is -4.13. The summed E-state index contributed by atoms with van der Waals surface area (Å²) in [5.74, 6) is -1.92. The van der Waals surface area contributed by atoms with Crippen molar-refractivity contribution >= 4 is 11.9 Å². The summed E-state index contributed by atoms with van der Waals surface area (Å²) in [6, 6.07) is 16.0. The van der Waals surface area contributed by atoms with E-state index in [0.717, 1.165) is 13.2 Å².